The van der Waals surface area contributed by atoms with Gasteiger partial charge in [0.2, 0.25) is 0 Å². The van der Waals surface area contributed by atoms with Gasteiger partial charge in [-0.15, -0.1) is 0 Å². The Hall–Kier alpha value is -0.370. The quantitative estimate of drug-likeness (QED) is 0.416. The Morgan fingerprint density at radius 3 is 1.80 bits per heavy atom. The number of hydrogen-bond donors (Lipinski definition) is 0. The van der Waals surface area contributed by atoms with Crippen LogP contribution in [0.1, 0.15) is 13.8 Å². The fraction of sp³-hybridized carbons (Fsp3) is 0.875. The van der Waals surface area contributed by atoms with Crippen molar-refractivity contribution < 1.29 is 4.58 Å². The third-order valence-electron chi connectivity index (χ3n) is 2.21. The van der Waals surface area contributed by atoms with Crippen molar-refractivity contribution in [1.82, 2.24) is 4.90 Å². The van der Waals surface area contributed by atoms with E-state index in [2.05, 4.69) is 39.6 Å². The molecule has 0 aromatic rings. The number of likely N-dealkylation sites (N-methyl/N-ethyl adjacent to an activating group) is 2. The van der Waals surface area contributed by atoms with Crippen LogP contribution in [0.5, 0.6) is 0 Å². The maximum Gasteiger partial charge on any atom is 0.164 e. The fourth-order valence-corrected chi connectivity index (χ4v) is 0.800. The second-order valence-electron chi connectivity index (χ2n) is 3.20. The first kappa shape index (κ1) is 9.63. The first-order valence-corrected chi connectivity index (χ1v) is 3.66. The van der Waals surface area contributed by atoms with Gasteiger partial charge in [-0.2, -0.15) is 0 Å². The molecule has 0 aliphatic rings. The molecule has 0 heterocycles. The Morgan fingerprint density at radius 1 is 1.30 bits per heavy atom. The topological polar surface area (TPSA) is 6.25 Å². The standard InChI is InChI=1S/C8H19N2/c1-7(9(3)4)8(2)10(5)6/h7-8H,3H2,1-2,4-6H3/q+1. The molecule has 0 aromatic carbocycles. The van der Waals surface area contributed by atoms with Crippen LogP contribution in [0, 0.1) is 0 Å². The third kappa shape index (κ3) is 2.48. The third-order valence-corrected chi connectivity index (χ3v) is 2.21. The van der Waals surface area contributed by atoms with Gasteiger partial charge < -0.3 is 4.90 Å². The predicted octanol–water partition coefficient (Wildman–Crippen LogP) is 0.668. The lowest BCUT2D eigenvalue weighted by atomic mass is 10.1. The minimum Gasteiger partial charge on any atom is -0.301 e. The lowest BCUT2D eigenvalue weighted by Gasteiger charge is -2.22. The lowest BCUT2D eigenvalue weighted by molar-refractivity contribution is -0.532. The van der Waals surface area contributed by atoms with Crippen LogP contribution in [0.4, 0.5) is 0 Å². The Labute approximate surface area is 64.2 Å². The zero-order chi connectivity index (χ0) is 8.31. The summed E-state index contributed by atoms with van der Waals surface area (Å²) >= 11 is 0. The summed E-state index contributed by atoms with van der Waals surface area (Å²) in [7, 11) is 6.18. The molecule has 0 rings (SSSR count). The monoisotopic (exact) mass is 143 g/mol. The van der Waals surface area contributed by atoms with Gasteiger partial charge in [-0.1, -0.05) is 0 Å². The molecule has 2 nitrogen and oxygen atoms in total. The molecule has 0 N–H and O–H groups in total. The van der Waals surface area contributed by atoms with Crippen molar-refractivity contribution in [1.29, 1.82) is 0 Å². The molecular formula is C8H19N2+. The van der Waals surface area contributed by atoms with E-state index in [-0.39, 0.29) is 0 Å². The van der Waals surface area contributed by atoms with Crippen LogP contribution in [-0.2, 0) is 0 Å². The molecule has 0 aliphatic carbocycles. The summed E-state index contributed by atoms with van der Waals surface area (Å²) in [6, 6.07) is 1.07. The van der Waals surface area contributed by atoms with E-state index in [1.165, 1.54) is 0 Å². The SMILES string of the molecule is C=[N+](C)C(C)C(C)N(C)C. The van der Waals surface area contributed by atoms with E-state index in [0.717, 1.165) is 0 Å². The molecule has 0 amide bonds. The molecule has 0 saturated heterocycles. The highest BCUT2D eigenvalue weighted by Crippen LogP contribution is 2.00. The summed E-state index contributed by atoms with van der Waals surface area (Å²) < 4.78 is 1.99. The molecule has 2 heteroatoms. The van der Waals surface area contributed by atoms with Crippen LogP contribution in [-0.4, -0.2) is 49.4 Å². The van der Waals surface area contributed by atoms with Gasteiger partial charge in [-0.05, 0) is 27.9 Å². The second kappa shape index (κ2) is 3.71. The summed E-state index contributed by atoms with van der Waals surface area (Å²) in [6.45, 7) is 8.23. The van der Waals surface area contributed by atoms with Crippen LogP contribution in [0.25, 0.3) is 0 Å². The van der Waals surface area contributed by atoms with Gasteiger partial charge in [0.15, 0.2) is 6.04 Å². The van der Waals surface area contributed by atoms with E-state index in [0.29, 0.717) is 12.1 Å². The van der Waals surface area contributed by atoms with Gasteiger partial charge in [0.25, 0.3) is 0 Å². The van der Waals surface area contributed by atoms with E-state index in [1.807, 2.05) is 11.6 Å². The molecule has 60 valence electrons. The van der Waals surface area contributed by atoms with Gasteiger partial charge >= 0.3 is 0 Å². The summed E-state index contributed by atoms with van der Waals surface area (Å²) in [5.41, 5.74) is 0. The normalized spacial score (nSPS) is 17.0. The molecular weight excluding hydrogens is 124 g/mol. The fourth-order valence-electron chi connectivity index (χ4n) is 0.800. The maximum absolute atomic E-state index is 3.85. The zero-order valence-electron chi connectivity index (χ0n) is 7.76. The van der Waals surface area contributed by atoms with Crippen molar-refractivity contribution in [2.45, 2.75) is 25.9 Å². The highest BCUT2D eigenvalue weighted by molar-refractivity contribution is 5.14. The van der Waals surface area contributed by atoms with Crippen molar-refractivity contribution in [2.24, 2.45) is 0 Å². The molecule has 0 bridgehead atoms. The van der Waals surface area contributed by atoms with Crippen LogP contribution in [0.15, 0.2) is 0 Å². The first-order valence-electron chi connectivity index (χ1n) is 3.66. The Bertz CT molecular complexity index is 118. The van der Waals surface area contributed by atoms with Gasteiger partial charge in [-0.25, -0.2) is 4.58 Å². The molecule has 2 atom stereocenters. The van der Waals surface area contributed by atoms with Crippen LogP contribution in [0.2, 0.25) is 0 Å². The van der Waals surface area contributed by atoms with Crippen molar-refractivity contribution >= 4 is 6.72 Å². The highest BCUT2D eigenvalue weighted by atomic mass is 15.1. The molecule has 0 aromatic heterocycles. The van der Waals surface area contributed by atoms with Crippen LogP contribution in [0.3, 0.4) is 0 Å². The summed E-state index contributed by atoms with van der Waals surface area (Å²) in [6.07, 6.45) is 0. The maximum atomic E-state index is 3.85. The zero-order valence-corrected chi connectivity index (χ0v) is 7.76. The lowest BCUT2D eigenvalue weighted by Crippen LogP contribution is -2.39. The van der Waals surface area contributed by atoms with E-state index in [1.54, 1.807) is 0 Å². The van der Waals surface area contributed by atoms with E-state index in [4.69, 9.17) is 0 Å². The minimum atomic E-state index is 0.509. The highest BCUT2D eigenvalue weighted by Gasteiger charge is 2.19. The van der Waals surface area contributed by atoms with Crippen molar-refractivity contribution in [3.63, 3.8) is 0 Å². The van der Waals surface area contributed by atoms with Crippen LogP contribution >= 0.6 is 0 Å². The minimum absolute atomic E-state index is 0.509. The van der Waals surface area contributed by atoms with Crippen molar-refractivity contribution in [2.75, 3.05) is 21.1 Å². The molecule has 0 fully saturated rings. The molecule has 0 spiro atoms. The number of rotatable bonds is 3. The molecule has 0 saturated carbocycles. The average molecular weight is 143 g/mol. The number of hydrogen-bond acceptors (Lipinski definition) is 1. The van der Waals surface area contributed by atoms with E-state index < -0.39 is 0 Å². The smallest absolute Gasteiger partial charge is 0.164 e. The summed E-state index contributed by atoms with van der Waals surface area (Å²) in [5.74, 6) is 0. The Balaban J connectivity index is 3.94. The second-order valence-corrected chi connectivity index (χ2v) is 3.20. The Morgan fingerprint density at radius 2 is 1.70 bits per heavy atom. The van der Waals surface area contributed by atoms with Gasteiger partial charge in [-0.3, -0.25) is 0 Å². The molecule has 0 aliphatic heterocycles. The van der Waals surface area contributed by atoms with Gasteiger partial charge in [0.1, 0.15) is 13.8 Å². The Kier molecular flexibility index (Phi) is 3.58. The predicted molar refractivity (Wildman–Crippen MR) is 45.9 cm³/mol. The first-order chi connectivity index (χ1) is 4.46. The van der Waals surface area contributed by atoms with Gasteiger partial charge in [0, 0.05) is 0 Å². The number of nitrogens with zero attached hydrogens (tertiary/aromatic N) is 2. The van der Waals surface area contributed by atoms with Crippen molar-refractivity contribution in [3.8, 4) is 0 Å². The van der Waals surface area contributed by atoms with E-state index >= 15 is 0 Å². The summed E-state index contributed by atoms with van der Waals surface area (Å²) in [4.78, 5) is 2.20. The van der Waals surface area contributed by atoms with Crippen LogP contribution < -0.4 is 0 Å². The van der Waals surface area contributed by atoms with Crippen molar-refractivity contribution in [3.05, 3.63) is 0 Å². The van der Waals surface area contributed by atoms with Gasteiger partial charge in [0.05, 0.1) is 6.04 Å². The van der Waals surface area contributed by atoms with E-state index in [9.17, 15) is 0 Å². The molecule has 2 unspecified atom stereocenters. The molecule has 10 heavy (non-hydrogen) atoms. The molecule has 0 radical (unpaired) electrons. The summed E-state index contributed by atoms with van der Waals surface area (Å²) in [5, 5.41) is 0. The largest absolute Gasteiger partial charge is 0.301 e. The average Bonchev–Trinajstić information content (AvgIpc) is 1.84.